The van der Waals surface area contributed by atoms with Crippen molar-refractivity contribution in [3.63, 3.8) is 0 Å². The molecule has 0 bridgehead atoms. The van der Waals surface area contributed by atoms with Gasteiger partial charge < -0.3 is 15.8 Å². The van der Waals surface area contributed by atoms with Crippen LogP contribution in [0.25, 0.3) is 0 Å². The quantitative estimate of drug-likeness (QED) is 0.821. The summed E-state index contributed by atoms with van der Waals surface area (Å²) in [7, 11) is -5.47. The summed E-state index contributed by atoms with van der Waals surface area (Å²) in [6.45, 7) is 0.564. The normalized spacial score (nSPS) is 21.7. The molecule has 1 heterocycles. The van der Waals surface area contributed by atoms with Crippen molar-refractivity contribution in [2.45, 2.75) is 22.9 Å². The Labute approximate surface area is 142 Å². The highest BCUT2D eigenvalue weighted by atomic mass is 35.5. The fraction of sp³-hybridized carbons (Fsp3) is 0.462. The summed E-state index contributed by atoms with van der Waals surface area (Å²) in [4.78, 5) is 11.2. The van der Waals surface area contributed by atoms with Gasteiger partial charge in [0.05, 0.1) is 17.4 Å². The Morgan fingerprint density at radius 2 is 2.00 bits per heavy atom. The van der Waals surface area contributed by atoms with E-state index in [1.54, 1.807) is 0 Å². The third-order valence-corrected chi connectivity index (χ3v) is 4.94. The fourth-order valence-corrected chi connectivity index (χ4v) is 3.00. The molecular weight excluding hydrogens is 373 g/mol. The van der Waals surface area contributed by atoms with Crippen molar-refractivity contribution in [3.8, 4) is 0 Å². The van der Waals surface area contributed by atoms with Gasteiger partial charge in [-0.05, 0) is 24.6 Å². The summed E-state index contributed by atoms with van der Waals surface area (Å²) in [5.74, 6) is -1.03. The molecule has 2 atom stereocenters. The maximum atomic E-state index is 12.5. The summed E-state index contributed by atoms with van der Waals surface area (Å²) >= 11 is 0. The van der Waals surface area contributed by atoms with Gasteiger partial charge >= 0.3 is 5.51 Å². The van der Waals surface area contributed by atoms with Crippen LogP contribution in [0.3, 0.4) is 0 Å². The highest BCUT2D eigenvalue weighted by Gasteiger charge is 2.46. The second kappa shape index (κ2) is 7.68. The number of hydrogen-bond acceptors (Lipinski definition) is 5. The van der Waals surface area contributed by atoms with E-state index in [4.69, 9.17) is 10.5 Å². The fourth-order valence-electron chi connectivity index (χ4n) is 2.20. The number of carbonyl (C=O) groups is 1. The van der Waals surface area contributed by atoms with Crippen LogP contribution in [0.4, 0.5) is 18.9 Å². The molecule has 1 aromatic carbocycles. The van der Waals surface area contributed by atoms with Crippen LogP contribution in [0.2, 0.25) is 0 Å². The zero-order chi connectivity index (χ0) is 17.3. The Hall–Kier alpha value is -1.36. The third-order valence-electron chi connectivity index (χ3n) is 3.45. The van der Waals surface area contributed by atoms with Gasteiger partial charge in [0, 0.05) is 18.3 Å². The summed E-state index contributed by atoms with van der Waals surface area (Å²) in [6, 6.07) is 3.49. The number of ether oxygens (including phenoxy) is 1. The maximum absolute atomic E-state index is 12.5. The zero-order valence-corrected chi connectivity index (χ0v) is 13.9. The van der Waals surface area contributed by atoms with Crippen LogP contribution in [0, 0.1) is 5.92 Å². The van der Waals surface area contributed by atoms with Gasteiger partial charge in [0.15, 0.2) is 0 Å². The minimum Gasteiger partial charge on any atom is -0.380 e. The number of carbonyl (C=O) groups excluding carboxylic acids is 1. The van der Waals surface area contributed by atoms with Crippen molar-refractivity contribution in [2.24, 2.45) is 11.7 Å². The largest absolute Gasteiger partial charge is 0.501 e. The number of anilines is 1. The van der Waals surface area contributed by atoms with Gasteiger partial charge in [0.25, 0.3) is 9.84 Å². The first-order valence-corrected chi connectivity index (χ1v) is 8.17. The Morgan fingerprint density at radius 3 is 2.58 bits per heavy atom. The van der Waals surface area contributed by atoms with E-state index in [0.717, 1.165) is 18.2 Å². The Balaban J connectivity index is 0.00000288. The molecule has 0 radical (unpaired) electrons. The molecule has 0 saturated carbocycles. The molecule has 1 aromatic rings. The standard InChI is InChI=1S/C13H15F3N2O4S.ClH/c14-13(15,16)23(20,21)9-3-1-2-8(6-9)18-12(19)10-4-5-22-7-11(10)17;/h1-3,6,10-11H,4-5,7,17H2,(H,18,19);1H/t10-,11+;/m1./s1. The van der Waals surface area contributed by atoms with E-state index in [1.807, 2.05) is 0 Å². The lowest BCUT2D eigenvalue weighted by molar-refractivity contribution is -0.123. The van der Waals surface area contributed by atoms with Gasteiger partial charge in [-0.15, -0.1) is 12.4 Å². The zero-order valence-electron chi connectivity index (χ0n) is 12.2. The van der Waals surface area contributed by atoms with Gasteiger partial charge in [-0.1, -0.05) is 6.07 Å². The van der Waals surface area contributed by atoms with E-state index >= 15 is 0 Å². The maximum Gasteiger partial charge on any atom is 0.501 e. The molecule has 136 valence electrons. The molecule has 1 fully saturated rings. The van der Waals surface area contributed by atoms with Crippen LogP contribution in [0.5, 0.6) is 0 Å². The lowest BCUT2D eigenvalue weighted by Gasteiger charge is -2.27. The van der Waals surface area contributed by atoms with Gasteiger partial charge in [0.1, 0.15) is 0 Å². The lowest BCUT2D eigenvalue weighted by Crippen LogP contribution is -2.45. The van der Waals surface area contributed by atoms with Crippen LogP contribution in [-0.4, -0.2) is 39.1 Å². The first kappa shape index (κ1) is 20.7. The van der Waals surface area contributed by atoms with Crippen molar-refractivity contribution < 1.29 is 31.1 Å². The average molecular weight is 389 g/mol. The number of sulfone groups is 1. The highest BCUT2D eigenvalue weighted by Crippen LogP contribution is 2.31. The molecule has 6 nitrogen and oxygen atoms in total. The Morgan fingerprint density at radius 1 is 1.33 bits per heavy atom. The molecule has 1 aliphatic rings. The number of rotatable bonds is 3. The minimum absolute atomic E-state index is 0. The number of alkyl halides is 3. The van der Waals surface area contributed by atoms with E-state index in [1.165, 1.54) is 6.07 Å². The van der Waals surface area contributed by atoms with E-state index in [2.05, 4.69) is 5.32 Å². The molecule has 11 heteroatoms. The molecule has 1 amide bonds. The number of amides is 1. The molecule has 2 rings (SSSR count). The van der Waals surface area contributed by atoms with Gasteiger partial charge in [-0.2, -0.15) is 13.2 Å². The molecule has 3 N–H and O–H groups in total. The Kier molecular flexibility index (Phi) is 6.62. The molecule has 1 aliphatic heterocycles. The second-order valence-corrected chi connectivity index (χ2v) is 7.04. The molecule has 0 unspecified atom stereocenters. The van der Waals surface area contributed by atoms with Crippen molar-refractivity contribution in [1.29, 1.82) is 0 Å². The molecule has 0 spiro atoms. The third kappa shape index (κ3) is 4.38. The summed E-state index contributed by atoms with van der Waals surface area (Å²) < 4.78 is 65.5. The number of halogens is 4. The van der Waals surface area contributed by atoms with Crippen LogP contribution in [0.1, 0.15) is 6.42 Å². The summed E-state index contributed by atoms with van der Waals surface area (Å²) in [5, 5.41) is 2.40. The molecule has 0 aliphatic carbocycles. The monoisotopic (exact) mass is 388 g/mol. The van der Waals surface area contributed by atoms with E-state index in [9.17, 15) is 26.4 Å². The topological polar surface area (TPSA) is 98.5 Å². The SMILES string of the molecule is Cl.N[C@H]1COCC[C@H]1C(=O)Nc1cccc(S(=O)(=O)C(F)(F)F)c1. The smallest absolute Gasteiger partial charge is 0.380 e. The van der Waals surface area contributed by atoms with Gasteiger partial charge in [0.2, 0.25) is 5.91 Å². The van der Waals surface area contributed by atoms with Crippen molar-refractivity contribution in [1.82, 2.24) is 0 Å². The predicted molar refractivity (Wildman–Crippen MR) is 82.5 cm³/mol. The number of nitrogens with one attached hydrogen (secondary N) is 1. The average Bonchev–Trinajstić information content (AvgIpc) is 2.46. The van der Waals surface area contributed by atoms with E-state index < -0.39 is 38.1 Å². The van der Waals surface area contributed by atoms with Crippen LogP contribution in [0.15, 0.2) is 29.2 Å². The predicted octanol–water partition coefficient (Wildman–Crippen LogP) is 1.70. The number of benzene rings is 1. The van der Waals surface area contributed by atoms with Crippen LogP contribution >= 0.6 is 12.4 Å². The first-order chi connectivity index (χ1) is 10.6. The van der Waals surface area contributed by atoms with Crippen LogP contribution < -0.4 is 11.1 Å². The van der Waals surface area contributed by atoms with Crippen LogP contribution in [-0.2, 0) is 19.4 Å². The van der Waals surface area contributed by atoms with E-state index in [-0.39, 0.29) is 24.7 Å². The first-order valence-electron chi connectivity index (χ1n) is 6.68. The lowest BCUT2D eigenvalue weighted by atomic mass is 9.94. The summed E-state index contributed by atoms with van der Waals surface area (Å²) in [6.07, 6.45) is 0.382. The van der Waals surface area contributed by atoms with Gasteiger partial charge in [-0.25, -0.2) is 8.42 Å². The minimum atomic E-state index is -5.47. The molecule has 0 aromatic heterocycles. The summed E-state index contributed by atoms with van der Waals surface area (Å²) in [5.41, 5.74) is 0.313. The van der Waals surface area contributed by atoms with Crippen molar-refractivity contribution >= 4 is 33.8 Å². The Bertz CT molecular complexity index is 697. The molecule has 24 heavy (non-hydrogen) atoms. The van der Waals surface area contributed by atoms with E-state index in [0.29, 0.717) is 13.0 Å². The van der Waals surface area contributed by atoms with Gasteiger partial charge in [-0.3, -0.25) is 4.79 Å². The van der Waals surface area contributed by atoms with Crippen molar-refractivity contribution in [3.05, 3.63) is 24.3 Å². The van der Waals surface area contributed by atoms with Crippen molar-refractivity contribution in [2.75, 3.05) is 18.5 Å². The number of hydrogen-bond donors (Lipinski definition) is 2. The molecular formula is C13H16ClF3N2O4S. The number of nitrogens with two attached hydrogens (primary N) is 1. The second-order valence-electron chi connectivity index (χ2n) is 5.10. The highest BCUT2D eigenvalue weighted by molar-refractivity contribution is 7.92. The molecule has 1 saturated heterocycles.